The Bertz CT molecular complexity index is 840. The van der Waals surface area contributed by atoms with E-state index in [9.17, 15) is 9.59 Å². The zero-order valence-corrected chi connectivity index (χ0v) is 14.6. The molecule has 1 saturated carbocycles. The van der Waals surface area contributed by atoms with Crippen molar-refractivity contribution in [2.24, 2.45) is 0 Å². The van der Waals surface area contributed by atoms with Crippen LogP contribution in [0.3, 0.4) is 0 Å². The minimum atomic E-state index is -0.518. The number of hydrogen-bond acceptors (Lipinski definition) is 4. The molecule has 0 bridgehead atoms. The van der Waals surface area contributed by atoms with Crippen LogP contribution in [0, 0.1) is 0 Å². The molecule has 1 N–H and O–H groups in total. The van der Waals surface area contributed by atoms with Gasteiger partial charge in [0.15, 0.2) is 6.10 Å². The molecule has 1 unspecified atom stereocenters. The summed E-state index contributed by atoms with van der Waals surface area (Å²) in [5.74, 6) is -0.0596. The summed E-state index contributed by atoms with van der Waals surface area (Å²) in [5, 5.41) is 7.33. The number of carbonyl (C=O) groups excluding carboxylic acids is 1. The first kappa shape index (κ1) is 17.0. The molecular weight excluding hydrogens is 330 g/mol. The van der Waals surface area contributed by atoms with E-state index in [1.54, 1.807) is 23.0 Å². The van der Waals surface area contributed by atoms with Crippen molar-refractivity contribution in [2.45, 2.75) is 50.3 Å². The Labute approximate surface area is 152 Å². The highest BCUT2D eigenvalue weighted by Gasteiger charge is 2.30. The Balaban J connectivity index is 1.37. The van der Waals surface area contributed by atoms with Crippen molar-refractivity contribution in [3.05, 3.63) is 64.1 Å². The molecule has 0 saturated heterocycles. The molecule has 1 aromatic heterocycles. The molecule has 136 valence electrons. The highest BCUT2D eigenvalue weighted by molar-refractivity contribution is 5.83. The van der Waals surface area contributed by atoms with Crippen LogP contribution in [0.5, 0.6) is 0 Å². The summed E-state index contributed by atoms with van der Waals surface area (Å²) in [6, 6.07) is 11.4. The lowest BCUT2D eigenvalue weighted by Crippen LogP contribution is -2.42. The number of rotatable bonds is 3. The third kappa shape index (κ3) is 3.42. The van der Waals surface area contributed by atoms with Gasteiger partial charge in [-0.1, -0.05) is 24.3 Å². The van der Waals surface area contributed by atoms with E-state index < -0.39 is 6.10 Å². The Morgan fingerprint density at radius 3 is 2.73 bits per heavy atom. The smallest absolute Gasteiger partial charge is 0.266 e. The molecule has 26 heavy (non-hydrogen) atoms. The number of hydrogen-bond donors (Lipinski definition) is 1. The number of nitrogens with zero attached hydrogens (tertiary/aromatic N) is 2. The van der Waals surface area contributed by atoms with Crippen LogP contribution in [0.25, 0.3) is 0 Å². The van der Waals surface area contributed by atoms with Crippen molar-refractivity contribution in [2.75, 3.05) is 6.61 Å². The molecule has 4 rings (SSSR count). The Morgan fingerprint density at radius 1 is 1.12 bits per heavy atom. The van der Waals surface area contributed by atoms with Gasteiger partial charge in [0, 0.05) is 18.3 Å². The zero-order chi connectivity index (χ0) is 17.9. The first-order valence-electron chi connectivity index (χ1n) is 9.26. The second-order valence-electron chi connectivity index (χ2n) is 7.02. The van der Waals surface area contributed by atoms with E-state index in [4.69, 9.17) is 4.74 Å². The molecule has 1 aromatic carbocycles. The molecule has 2 aliphatic rings. The van der Waals surface area contributed by atoms with Crippen LogP contribution in [0.15, 0.2) is 47.4 Å². The monoisotopic (exact) mass is 353 g/mol. The van der Waals surface area contributed by atoms with Gasteiger partial charge in [0.2, 0.25) is 0 Å². The average Bonchev–Trinajstić information content (AvgIpc) is 2.68. The molecule has 2 heterocycles. The van der Waals surface area contributed by atoms with Crippen LogP contribution in [0.2, 0.25) is 0 Å². The zero-order valence-electron chi connectivity index (χ0n) is 14.6. The predicted octanol–water partition coefficient (Wildman–Crippen LogP) is 2.16. The lowest BCUT2D eigenvalue weighted by Gasteiger charge is -2.31. The van der Waals surface area contributed by atoms with Crippen LogP contribution in [0.4, 0.5) is 0 Å². The number of ether oxygens (including phenoxy) is 1. The number of amides is 1. The molecule has 6 nitrogen and oxygen atoms in total. The van der Waals surface area contributed by atoms with E-state index >= 15 is 0 Å². The summed E-state index contributed by atoms with van der Waals surface area (Å²) in [5.41, 5.74) is 2.11. The number of nitrogens with one attached hydrogen (secondary N) is 1. The Morgan fingerprint density at radius 2 is 1.92 bits per heavy atom. The van der Waals surface area contributed by atoms with Crippen LogP contribution in [0.1, 0.15) is 49.0 Å². The van der Waals surface area contributed by atoms with Crippen molar-refractivity contribution in [1.29, 1.82) is 0 Å². The fourth-order valence-corrected chi connectivity index (χ4v) is 4.00. The van der Waals surface area contributed by atoms with Crippen molar-refractivity contribution in [1.82, 2.24) is 15.1 Å². The molecule has 1 aliphatic carbocycles. The van der Waals surface area contributed by atoms with E-state index in [-0.39, 0.29) is 23.6 Å². The van der Waals surface area contributed by atoms with E-state index in [0.717, 1.165) is 37.7 Å². The minimum absolute atomic E-state index is 0.0596. The summed E-state index contributed by atoms with van der Waals surface area (Å²) < 4.78 is 7.31. The number of carbonyl (C=O) groups is 1. The molecule has 1 amide bonds. The van der Waals surface area contributed by atoms with Gasteiger partial charge in [-0.15, -0.1) is 0 Å². The van der Waals surface area contributed by atoms with Gasteiger partial charge in [0.25, 0.3) is 11.5 Å². The van der Waals surface area contributed by atoms with Crippen molar-refractivity contribution < 1.29 is 9.53 Å². The summed E-state index contributed by atoms with van der Waals surface area (Å²) in [4.78, 5) is 24.6. The molecule has 1 fully saturated rings. The molecule has 1 aliphatic heterocycles. The maximum absolute atomic E-state index is 12.7. The standard InChI is InChI=1S/C20H23N3O3/c24-18-6-3-12-21-23(18)16-9-7-15(8-10-16)22-20(25)19-17-5-2-1-4-14(17)11-13-26-19/h1-6,12,15-16,19H,7-11,13H2,(H,22,25). The predicted molar refractivity (Wildman–Crippen MR) is 96.8 cm³/mol. The average molecular weight is 353 g/mol. The maximum Gasteiger partial charge on any atom is 0.266 e. The van der Waals surface area contributed by atoms with E-state index in [0.29, 0.717) is 6.61 Å². The molecule has 2 aromatic rings. The highest BCUT2D eigenvalue weighted by atomic mass is 16.5. The van der Waals surface area contributed by atoms with Gasteiger partial charge in [-0.3, -0.25) is 9.59 Å². The lowest BCUT2D eigenvalue weighted by atomic mass is 9.90. The van der Waals surface area contributed by atoms with E-state index in [2.05, 4.69) is 16.5 Å². The maximum atomic E-state index is 12.7. The quantitative estimate of drug-likeness (QED) is 0.918. The minimum Gasteiger partial charge on any atom is -0.363 e. The summed E-state index contributed by atoms with van der Waals surface area (Å²) >= 11 is 0. The van der Waals surface area contributed by atoms with Crippen LogP contribution in [-0.4, -0.2) is 28.3 Å². The van der Waals surface area contributed by atoms with Gasteiger partial charge >= 0.3 is 0 Å². The van der Waals surface area contributed by atoms with Gasteiger partial charge in [0.05, 0.1) is 12.6 Å². The molecular formula is C20H23N3O3. The molecule has 6 heteroatoms. The second-order valence-corrected chi connectivity index (χ2v) is 7.02. The highest BCUT2D eigenvalue weighted by Crippen LogP contribution is 2.30. The fraction of sp³-hybridized carbons (Fsp3) is 0.450. The lowest BCUT2D eigenvalue weighted by molar-refractivity contribution is -0.135. The molecule has 0 spiro atoms. The van der Waals surface area contributed by atoms with Gasteiger partial charge in [-0.05, 0) is 49.3 Å². The van der Waals surface area contributed by atoms with Gasteiger partial charge in [-0.2, -0.15) is 5.10 Å². The summed E-state index contributed by atoms with van der Waals surface area (Å²) in [7, 11) is 0. The van der Waals surface area contributed by atoms with E-state index in [1.165, 1.54) is 5.56 Å². The Kier molecular flexibility index (Phi) is 4.84. The second kappa shape index (κ2) is 7.41. The summed E-state index contributed by atoms with van der Waals surface area (Å²) in [6.45, 7) is 0.574. The summed E-state index contributed by atoms with van der Waals surface area (Å²) in [6.07, 6.45) is 5.34. The first-order chi connectivity index (χ1) is 12.7. The van der Waals surface area contributed by atoms with Crippen LogP contribution in [-0.2, 0) is 16.0 Å². The van der Waals surface area contributed by atoms with Crippen molar-refractivity contribution >= 4 is 5.91 Å². The van der Waals surface area contributed by atoms with E-state index in [1.807, 2.05) is 18.2 Å². The third-order valence-corrected chi connectivity index (χ3v) is 5.36. The normalized spacial score (nSPS) is 25.3. The number of benzene rings is 1. The van der Waals surface area contributed by atoms with Crippen LogP contribution >= 0.6 is 0 Å². The van der Waals surface area contributed by atoms with Crippen molar-refractivity contribution in [3.63, 3.8) is 0 Å². The van der Waals surface area contributed by atoms with Crippen molar-refractivity contribution in [3.8, 4) is 0 Å². The SMILES string of the molecule is O=C(NC1CCC(n2ncccc2=O)CC1)C1OCCc2ccccc21. The van der Waals surface area contributed by atoms with Gasteiger partial charge in [-0.25, -0.2) is 4.68 Å². The molecule has 1 atom stereocenters. The topological polar surface area (TPSA) is 73.2 Å². The first-order valence-corrected chi connectivity index (χ1v) is 9.26. The number of fused-ring (bicyclic) bond motifs is 1. The van der Waals surface area contributed by atoms with Crippen LogP contribution < -0.4 is 10.9 Å². The van der Waals surface area contributed by atoms with Gasteiger partial charge in [0.1, 0.15) is 0 Å². The Hall–Kier alpha value is -2.47. The third-order valence-electron chi connectivity index (χ3n) is 5.36. The fourth-order valence-electron chi connectivity index (χ4n) is 4.00. The van der Waals surface area contributed by atoms with Gasteiger partial charge < -0.3 is 10.1 Å². The number of aromatic nitrogens is 2. The largest absolute Gasteiger partial charge is 0.363 e. The molecule has 0 radical (unpaired) electrons.